The Morgan fingerprint density at radius 2 is 2.27 bits per heavy atom. The highest BCUT2D eigenvalue weighted by molar-refractivity contribution is 6.30. The summed E-state index contributed by atoms with van der Waals surface area (Å²) in [4.78, 5) is 0. The van der Waals surface area contributed by atoms with Crippen molar-refractivity contribution < 1.29 is 5.11 Å². The number of aliphatic hydroxyl groups is 1. The zero-order valence-electron chi connectivity index (χ0n) is 5.84. The normalized spacial score (nSPS) is 9.73. The molecule has 0 fully saturated rings. The van der Waals surface area contributed by atoms with Crippen molar-refractivity contribution in [2.75, 3.05) is 5.43 Å². The van der Waals surface area contributed by atoms with Crippen molar-refractivity contribution in [3.8, 4) is 0 Å². The third-order valence-corrected chi connectivity index (χ3v) is 1.63. The van der Waals surface area contributed by atoms with Gasteiger partial charge in [0, 0.05) is 10.6 Å². The van der Waals surface area contributed by atoms with Gasteiger partial charge in [-0.2, -0.15) is 0 Å². The molecule has 60 valence electrons. The molecule has 0 aromatic heterocycles. The fraction of sp³-hybridized carbons (Fsp3) is 0.143. The number of hydrogen-bond acceptors (Lipinski definition) is 3. The Labute approximate surface area is 69.8 Å². The highest BCUT2D eigenvalue weighted by Gasteiger charge is 1.99. The van der Waals surface area contributed by atoms with Crippen molar-refractivity contribution >= 4 is 17.3 Å². The van der Waals surface area contributed by atoms with Gasteiger partial charge < -0.3 is 10.5 Å². The number of nitrogen functional groups attached to an aromatic ring is 1. The quantitative estimate of drug-likeness (QED) is 0.463. The maximum absolute atomic E-state index is 8.80. The van der Waals surface area contributed by atoms with Crippen LogP contribution < -0.4 is 11.3 Å². The van der Waals surface area contributed by atoms with E-state index >= 15 is 0 Å². The summed E-state index contributed by atoms with van der Waals surface area (Å²) in [6.45, 7) is -0.0449. The lowest BCUT2D eigenvalue weighted by atomic mass is 10.2. The van der Waals surface area contributed by atoms with E-state index in [2.05, 4.69) is 5.43 Å². The molecule has 1 aromatic rings. The molecule has 0 aliphatic heterocycles. The van der Waals surface area contributed by atoms with Crippen LogP contribution in [0, 0.1) is 0 Å². The van der Waals surface area contributed by atoms with Gasteiger partial charge in [-0.05, 0) is 12.1 Å². The molecule has 0 saturated carbocycles. The number of nitrogens with two attached hydrogens (primary N) is 1. The zero-order chi connectivity index (χ0) is 8.27. The molecule has 0 spiro atoms. The molecule has 0 saturated heterocycles. The van der Waals surface area contributed by atoms with Gasteiger partial charge in [-0.15, -0.1) is 0 Å². The van der Waals surface area contributed by atoms with E-state index in [0.717, 1.165) is 5.56 Å². The lowest BCUT2D eigenvalue weighted by molar-refractivity contribution is 0.282. The van der Waals surface area contributed by atoms with Crippen LogP contribution in [-0.4, -0.2) is 5.11 Å². The average molecular weight is 173 g/mol. The molecule has 1 aromatic carbocycles. The zero-order valence-corrected chi connectivity index (χ0v) is 6.60. The molecule has 0 bridgehead atoms. The number of aliphatic hydroxyl groups excluding tert-OH is 1. The van der Waals surface area contributed by atoms with Gasteiger partial charge >= 0.3 is 0 Å². The van der Waals surface area contributed by atoms with Crippen LogP contribution in [0.2, 0.25) is 5.02 Å². The van der Waals surface area contributed by atoms with E-state index in [1.165, 1.54) is 0 Å². The number of hydrogen-bond donors (Lipinski definition) is 3. The second kappa shape index (κ2) is 3.57. The molecular formula is C7H9ClN2O. The number of benzene rings is 1. The lowest BCUT2D eigenvalue weighted by Crippen LogP contribution is -2.09. The molecule has 3 nitrogen and oxygen atoms in total. The first-order valence-corrected chi connectivity index (χ1v) is 3.51. The smallest absolute Gasteiger partial charge is 0.0702 e. The van der Waals surface area contributed by atoms with E-state index in [-0.39, 0.29) is 6.61 Å². The van der Waals surface area contributed by atoms with E-state index in [4.69, 9.17) is 22.6 Å². The maximum Gasteiger partial charge on any atom is 0.0702 e. The third-order valence-electron chi connectivity index (χ3n) is 1.40. The van der Waals surface area contributed by atoms with E-state index in [0.29, 0.717) is 10.7 Å². The molecule has 0 aliphatic carbocycles. The van der Waals surface area contributed by atoms with Crippen molar-refractivity contribution in [1.82, 2.24) is 0 Å². The molecule has 11 heavy (non-hydrogen) atoms. The number of anilines is 1. The average Bonchev–Trinajstić information content (AvgIpc) is 2.04. The molecule has 0 atom stereocenters. The summed E-state index contributed by atoms with van der Waals surface area (Å²) in [6, 6.07) is 5.08. The molecule has 4 heteroatoms. The minimum absolute atomic E-state index is 0.0449. The Morgan fingerprint density at radius 1 is 1.55 bits per heavy atom. The monoisotopic (exact) mass is 172 g/mol. The predicted octanol–water partition coefficient (Wildman–Crippen LogP) is 1.12. The minimum atomic E-state index is -0.0449. The molecule has 0 heterocycles. The Balaban J connectivity index is 3.06. The molecular weight excluding hydrogens is 164 g/mol. The molecule has 0 radical (unpaired) electrons. The second-order valence-corrected chi connectivity index (χ2v) is 2.54. The van der Waals surface area contributed by atoms with Crippen LogP contribution in [0.5, 0.6) is 0 Å². The number of nitrogens with one attached hydrogen (secondary N) is 1. The van der Waals surface area contributed by atoms with Crippen LogP contribution in [0.4, 0.5) is 5.69 Å². The topological polar surface area (TPSA) is 58.3 Å². The molecule has 4 N–H and O–H groups in total. The minimum Gasteiger partial charge on any atom is -0.392 e. The number of rotatable bonds is 2. The first-order valence-electron chi connectivity index (χ1n) is 3.14. The van der Waals surface area contributed by atoms with Crippen molar-refractivity contribution in [1.29, 1.82) is 0 Å². The summed E-state index contributed by atoms with van der Waals surface area (Å²) in [7, 11) is 0. The van der Waals surface area contributed by atoms with Gasteiger partial charge in [-0.25, -0.2) is 0 Å². The summed E-state index contributed by atoms with van der Waals surface area (Å²) in [5.74, 6) is 5.18. The summed E-state index contributed by atoms with van der Waals surface area (Å²) in [6.07, 6.45) is 0. The summed E-state index contributed by atoms with van der Waals surface area (Å²) in [5.41, 5.74) is 3.83. The van der Waals surface area contributed by atoms with Crippen LogP contribution in [-0.2, 0) is 6.61 Å². The van der Waals surface area contributed by atoms with Crippen molar-refractivity contribution in [2.24, 2.45) is 5.84 Å². The number of hydrazine groups is 1. The summed E-state index contributed by atoms with van der Waals surface area (Å²) < 4.78 is 0. The maximum atomic E-state index is 8.80. The van der Waals surface area contributed by atoms with E-state index in [9.17, 15) is 0 Å². The Bertz CT molecular complexity index is 252. The van der Waals surface area contributed by atoms with Crippen molar-refractivity contribution in [3.05, 3.63) is 28.8 Å². The van der Waals surface area contributed by atoms with Crippen LogP contribution >= 0.6 is 11.6 Å². The molecule has 0 aliphatic rings. The highest BCUT2D eigenvalue weighted by Crippen LogP contribution is 2.19. The largest absolute Gasteiger partial charge is 0.392 e. The SMILES string of the molecule is NNc1cc(Cl)ccc1CO. The highest BCUT2D eigenvalue weighted by atomic mass is 35.5. The predicted molar refractivity (Wildman–Crippen MR) is 45.2 cm³/mol. The second-order valence-electron chi connectivity index (χ2n) is 2.10. The summed E-state index contributed by atoms with van der Waals surface area (Å²) >= 11 is 5.68. The Morgan fingerprint density at radius 3 is 2.82 bits per heavy atom. The first-order chi connectivity index (χ1) is 5.27. The van der Waals surface area contributed by atoms with Crippen LogP contribution in [0.25, 0.3) is 0 Å². The van der Waals surface area contributed by atoms with Gasteiger partial charge in [0.15, 0.2) is 0 Å². The molecule has 1 rings (SSSR count). The van der Waals surface area contributed by atoms with Crippen LogP contribution in [0.15, 0.2) is 18.2 Å². The fourth-order valence-electron chi connectivity index (χ4n) is 0.821. The molecule has 0 unspecified atom stereocenters. The van der Waals surface area contributed by atoms with Crippen LogP contribution in [0.1, 0.15) is 5.56 Å². The van der Waals surface area contributed by atoms with Gasteiger partial charge in [-0.3, -0.25) is 5.84 Å². The van der Waals surface area contributed by atoms with Crippen molar-refractivity contribution in [2.45, 2.75) is 6.61 Å². The van der Waals surface area contributed by atoms with Gasteiger partial charge in [-0.1, -0.05) is 17.7 Å². The third kappa shape index (κ3) is 1.83. The fourth-order valence-corrected chi connectivity index (χ4v) is 0.993. The standard InChI is InChI=1S/C7H9ClN2O/c8-6-2-1-5(4-11)7(3-6)10-9/h1-3,10-11H,4,9H2. The number of halogens is 1. The van der Waals surface area contributed by atoms with Gasteiger partial charge in [0.25, 0.3) is 0 Å². The van der Waals surface area contributed by atoms with Crippen molar-refractivity contribution in [3.63, 3.8) is 0 Å². The van der Waals surface area contributed by atoms with Gasteiger partial charge in [0.05, 0.1) is 12.3 Å². The lowest BCUT2D eigenvalue weighted by Gasteiger charge is -2.05. The van der Waals surface area contributed by atoms with Gasteiger partial charge in [0.2, 0.25) is 0 Å². The molecule has 0 amide bonds. The Kier molecular flexibility index (Phi) is 2.70. The van der Waals surface area contributed by atoms with E-state index < -0.39 is 0 Å². The van der Waals surface area contributed by atoms with Gasteiger partial charge in [0.1, 0.15) is 0 Å². The Hall–Kier alpha value is -0.770. The van der Waals surface area contributed by atoms with E-state index in [1.807, 2.05) is 0 Å². The summed E-state index contributed by atoms with van der Waals surface area (Å²) in [5, 5.41) is 9.39. The van der Waals surface area contributed by atoms with E-state index in [1.54, 1.807) is 18.2 Å². The first kappa shape index (κ1) is 8.33. The van der Waals surface area contributed by atoms with Crippen LogP contribution in [0.3, 0.4) is 0 Å².